The lowest BCUT2D eigenvalue weighted by atomic mass is 9.31. The molecule has 8 aliphatic carbocycles. The zero-order chi connectivity index (χ0) is 22.3. The highest BCUT2D eigenvalue weighted by Crippen LogP contribution is 2.83. The summed E-state index contributed by atoms with van der Waals surface area (Å²) in [5.41, 5.74) is 4.87. The van der Waals surface area contributed by atoms with Gasteiger partial charge in [-0.1, -0.05) is 58.0 Å². The lowest BCUT2D eigenvalue weighted by Gasteiger charge is -2.77. The Labute approximate surface area is 199 Å². The van der Waals surface area contributed by atoms with E-state index in [4.69, 9.17) is 0 Å². The minimum absolute atomic E-state index is 0.227. The van der Waals surface area contributed by atoms with Crippen LogP contribution in [-0.4, -0.2) is 0 Å². The van der Waals surface area contributed by atoms with Gasteiger partial charge in [-0.3, -0.25) is 0 Å². The van der Waals surface area contributed by atoms with Gasteiger partial charge in [-0.2, -0.15) is 0 Å². The molecule has 1 aromatic rings. The van der Waals surface area contributed by atoms with Crippen LogP contribution in [0.1, 0.15) is 110 Å². The van der Waals surface area contributed by atoms with E-state index in [1.54, 1.807) is 5.56 Å². The molecule has 1 aromatic carbocycles. The molecule has 5 atom stereocenters. The molecule has 0 radical (unpaired) electrons. The summed E-state index contributed by atoms with van der Waals surface area (Å²) in [5.74, 6) is 1.93. The quantitative estimate of drug-likeness (QED) is 0.405. The van der Waals surface area contributed by atoms with E-state index in [1.165, 1.54) is 77.0 Å². The molecule has 0 spiro atoms. The summed E-state index contributed by atoms with van der Waals surface area (Å²) in [5, 5.41) is 0.227. The Kier molecular flexibility index (Phi) is 3.86. The van der Waals surface area contributed by atoms with Gasteiger partial charge >= 0.3 is 0 Å². The zero-order valence-electron chi connectivity index (χ0n) is 21.1. The van der Waals surface area contributed by atoms with E-state index in [0.717, 1.165) is 11.8 Å². The SMILES string of the molecule is CC12CC3CC(C)(C1)CC(C(P)(c1ccccc1)C14CC5CC(C)(CC(C)(C5)C1)C4)(C3)C2. The van der Waals surface area contributed by atoms with Crippen LogP contribution in [0.5, 0.6) is 0 Å². The van der Waals surface area contributed by atoms with Gasteiger partial charge < -0.3 is 0 Å². The second kappa shape index (κ2) is 5.89. The third kappa shape index (κ3) is 2.55. The third-order valence-corrected chi connectivity index (χ3v) is 13.7. The molecular weight excluding hydrogens is 403 g/mol. The first-order valence-corrected chi connectivity index (χ1v) is 14.3. The van der Waals surface area contributed by atoms with Crippen molar-refractivity contribution in [2.45, 2.75) is 110 Å². The molecule has 0 aliphatic heterocycles. The summed E-state index contributed by atoms with van der Waals surface area (Å²) in [4.78, 5) is 0. The fourth-order valence-electron chi connectivity index (χ4n) is 13.7. The highest BCUT2D eigenvalue weighted by Gasteiger charge is 2.73. The maximum absolute atomic E-state index is 3.74. The lowest BCUT2D eigenvalue weighted by Crippen LogP contribution is -2.68. The van der Waals surface area contributed by atoms with Crippen molar-refractivity contribution in [3.8, 4) is 0 Å². The van der Waals surface area contributed by atoms with Gasteiger partial charge in [0.15, 0.2) is 0 Å². The van der Waals surface area contributed by atoms with Gasteiger partial charge in [0.2, 0.25) is 0 Å². The number of rotatable bonds is 3. The molecule has 1 heteroatoms. The van der Waals surface area contributed by atoms with Crippen molar-refractivity contribution in [3.05, 3.63) is 35.9 Å². The predicted octanol–water partition coefficient (Wildman–Crippen LogP) is 8.75. The third-order valence-electron chi connectivity index (χ3n) is 12.2. The summed E-state index contributed by atoms with van der Waals surface area (Å²) < 4.78 is 0. The molecule has 0 nitrogen and oxygen atoms in total. The van der Waals surface area contributed by atoms with Crippen LogP contribution in [0.4, 0.5) is 0 Å². The van der Waals surface area contributed by atoms with Gasteiger partial charge in [0.1, 0.15) is 0 Å². The smallest absolute Gasteiger partial charge is 0.0210 e. The largest absolute Gasteiger partial charge is 0.125 e. The molecule has 8 fully saturated rings. The minimum atomic E-state index is 0.227. The van der Waals surface area contributed by atoms with Crippen molar-refractivity contribution in [2.75, 3.05) is 0 Å². The van der Waals surface area contributed by atoms with Crippen LogP contribution in [0, 0.1) is 44.3 Å². The van der Waals surface area contributed by atoms with Crippen molar-refractivity contribution in [2.24, 2.45) is 44.3 Å². The van der Waals surface area contributed by atoms with E-state index in [1.807, 2.05) is 0 Å². The molecule has 8 saturated carbocycles. The Morgan fingerprint density at radius 2 is 0.969 bits per heavy atom. The second-order valence-electron chi connectivity index (χ2n) is 16.0. The Morgan fingerprint density at radius 1 is 0.594 bits per heavy atom. The summed E-state index contributed by atoms with van der Waals surface area (Å²) in [6, 6.07) is 12.0. The average Bonchev–Trinajstić information content (AvgIpc) is 2.62. The molecule has 9 rings (SSSR count). The monoisotopic (exact) mass is 448 g/mol. The highest BCUT2D eigenvalue weighted by molar-refractivity contribution is 7.18. The molecule has 8 aliphatic rings. The molecular formula is C31H45P. The first kappa shape index (κ1) is 21.0. The van der Waals surface area contributed by atoms with Gasteiger partial charge in [-0.25, -0.2) is 0 Å². The van der Waals surface area contributed by atoms with Crippen molar-refractivity contribution >= 4 is 9.24 Å². The maximum Gasteiger partial charge on any atom is 0.0210 e. The van der Waals surface area contributed by atoms with Gasteiger partial charge in [0, 0.05) is 5.16 Å². The van der Waals surface area contributed by atoms with Gasteiger partial charge in [-0.05, 0) is 127 Å². The Morgan fingerprint density at radius 3 is 1.31 bits per heavy atom. The van der Waals surface area contributed by atoms with E-state index in [0.29, 0.717) is 32.5 Å². The topological polar surface area (TPSA) is 0 Å². The van der Waals surface area contributed by atoms with E-state index >= 15 is 0 Å². The summed E-state index contributed by atoms with van der Waals surface area (Å²) >= 11 is 0. The number of benzene rings is 1. The molecule has 32 heavy (non-hydrogen) atoms. The minimum Gasteiger partial charge on any atom is -0.125 e. The first-order valence-electron chi connectivity index (χ1n) is 13.8. The van der Waals surface area contributed by atoms with E-state index in [-0.39, 0.29) is 5.16 Å². The summed E-state index contributed by atoms with van der Waals surface area (Å²) in [6.45, 7) is 10.7. The van der Waals surface area contributed by atoms with Crippen LogP contribution in [0.3, 0.4) is 0 Å². The van der Waals surface area contributed by atoms with Gasteiger partial charge in [0.05, 0.1) is 0 Å². The Balaban J connectivity index is 1.46. The van der Waals surface area contributed by atoms with E-state index in [9.17, 15) is 0 Å². The van der Waals surface area contributed by atoms with Crippen molar-refractivity contribution in [1.82, 2.24) is 0 Å². The average molecular weight is 449 g/mol. The van der Waals surface area contributed by atoms with Crippen LogP contribution in [0.2, 0.25) is 0 Å². The molecule has 0 aromatic heterocycles. The van der Waals surface area contributed by atoms with E-state index in [2.05, 4.69) is 67.3 Å². The fraction of sp³-hybridized carbons (Fsp3) is 0.806. The van der Waals surface area contributed by atoms with Crippen molar-refractivity contribution in [1.29, 1.82) is 0 Å². The number of hydrogen-bond donors (Lipinski definition) is 0. The maximum atomic E-state index is 3.74. The summed E-state index contributed by atoms with van der Waals surface area (Å²) in [7, 11) is 3.74. The number of hydrogen-bond acceptors (Lipinski definition) is 0. The fourth-order valence-corrected chi connectivity index (χ4v) is 14.5. The van der Waals surface area contributed by atoms with Crippen LogP contribution < -0.4 is 0 Å². The van der Waals surface area contributed by atoms with Crippen molar-refractivity contribution in [3.63, 3.8) is 0 Å². The van der Waals surface area contributed by atoms with E-state index < -0.39 is 0 Å². The lowest BCUT2D eigenvalue weighted by molar-refractivity contribution is -0.223. The standard InChI is InChI=1S/C31H45P/c1-25-10-22-11-26(2,16-25)19-29(14-22,18-25)31(32,24-8-6-5-7-9-24)30-15-23-12-27(3,20-30)17-28(4,13-23)21-30/h5-9,22-23H,10-21,32H2,1-4H3. The van der Waals surface area contributed by atoms with Crippen LogP contribution in [0.15, 0.2) is 30.3 Å². The molecule has 8 bridgehead atoms. The zero-order valence-corrected chi connectivity index (χ0v) is 22.3. The normalized spacial score (nSPS) is 57.0. The Hall–Kier alpha value is -0.350. The van der Waals surface area contributed by atoms with Crippen LogP contribution in [-0.2, 0) is 5.16 Å². The van der Waals surface area contributed by atoms with Crippen LogP contribution in [0.25, 0.3) is 0 Å². The highest BCUT2D eigenvalue weighted by atomic mass is 31.0. The molecule has 0 N–H and O–H groups in total. The predicted molar refractivity (Wildman–Crippen MR) is 138 cm³/mol. The van der Waals surface area contributed by atoms with Gasteiger partial charge in [-0.15, -0.1) is 9.24 Å². The Bertz CT molecular complexity index is 868. The summed E-state index contributed by atoms with van der Waals surface area (Å²) in [6.07, 6.45) is 17.9. The van der Waals surface area contributed by atoms with Gasteiger partial charge in [0.25, 0.3) is 0 Å². The van der Waals surface area contributed by atoms with Crippen molar-refractivity contribution < 1.29 is 0 Å². The molecule has 0 heterocycles. The first-order chi connectivity index (χ1) is 14.9. The molecule has 0 saturated heterocycles. The molecule has 0 amide bonds. The van der Waals surface area contributed by atoms with Crippen LogP contribution >= 0.6 is 9.24 Å². The molecule has 174 valence electrons. The second-order valence-corrected chi connectivity index (χ2v) is 16.9. The molecule has 5 unspecified atom stereocenters.